The molecular weight excluding hydrogens is 429 g/mol. The Morgan fingerprint density at radius 3 is 2.57 bits per heavy atom. The van der Waals surface area contributed by atoms with E-state index in [4.69, 9.17) is 0 Å². The molecule has 3 rings (SSSR count). The molecule has 0 unspecified atom stereocenters. The van der Waals surface area contributed by atoms with E-state index in [1.807, 2.05) is 19.2 Å². The molecule has 1 N–H and O–H groups in total. The van der Waals surface area contributed by atoms with Crippen LogP contribution >= 0.6 is 22.7 Å². The van der Waals surface area contributed by atoms with Gasteiger partial charge >= 0.3 is 6.18 Å². The van der Waals surface area contributed by atoms with Gasteiger partial charge in [-0.15, -0.1) is 22.7 Å². The molecule has 150 valence electrons. The lowest BCUT2D eigenvalue weighted by Gasteiger charge is -2.09. The highest BCUT2D eigenvalue weighted by molar-refractivity contribution is 7.91. The van der Waals surface area contributed by atoms with Crippen LogP contribution < -0.4 is 4.72 Å². The summed E-state index contributed by atoms with van der Waals surface area (Å²) in [5.41, 5.74) is 0.365. The summed E-state index contributed by atoms with van der Waals surface area (Å²) in [5, 5.41) is 2.69. The molecule has 3 aromatic rings. The first-order valence-electron chi connectivity index (χ1n) is 8.28. The second-order valence-corrected chi connectivity index (χ2v) is 10.3. The molecule has 2 heterocycles. The van der Waals surface area contributed by atoms with Gasteiger partial charge in [-0.1, -0.05) is 32.0 Å². The first-order chi connectivity index (χ1) is 13.1. The third kappa shape index (κ3) is 4.80. The van der Waals surface area contributed by atoms with Gasteiger partial charge in [-0.25, -0.2) is 18.1 Å². The summed E-state index contributed by atoms with van der Waals surface area (Å²) in [4.78, 5) is 5.24. The average molecular weight is 447 g/mol. The summed E-state index contributed by atoms with van der Waals surface area (Å²) in [6.07, 6.45) is -4.47. The number of rotatable bonds is 6. The van der Waals surface area contributed by atoms with Gasteiger partial charge in [0.05, 0.1) is 16.1 Å². The Morgan fingerprint density at radius 2 is 1.93 bits per heavy atom. The number of hydrogen-bond acceptors (Lipinski definition) is 5. The molecule has 0 aliphatic heterocycles. The van der Waals surface area contributed by atoms with Crippen LogP contribution in [0.15, 0.2) is 46.0 Å². The standard InChI is InChI=1S/C18H17F3N2O2S3/c1-11(2)14-10-26-17(23-14)15-6-7-16(27-15)28(24,25)22-9-12-4-3-5-13(8-12)18(19,20)21/h3-8,10-11,22H,9H2,1-2H3. The Morgan fingerprint density at radius 1 is 1.18 bits per heavy atom. The van der Waals surface area contributed by atoms with Crippen LogP contribution in [-0.4, -0.2) is 13.4 Å². The molecule has 0 saturated heterocycles. The number of halogens is 3. The predicted molar refractivity (Wildman–Crippen MR) is 105 cm³/mol. The second kappa shape index (κ2) is 7.94. The highest BCUT2D eigenvalue weighted by atomic mass is 32.2. The highest BCUT2D eigenvalue weighted by Gasteiger charge is 2.30. The average Bonchev–Trinajstić information content (AvgIpc) is 3.29. The van der Waals surface area contributed by atoms with E-state index in [1.54, 1.807) is 6.07 Å². The molecule has 4 nitrogen and oxygen atoms in total. The molecule has 0 spiro atoms. The minimum absolute atomic E-state index is 0.0933. The molecule has 0 aliphatic rings. The van der Waals surface area contributed by atoms with Crippen molar-refractivity contribution in [1.29, 1.82) is 0 Å². The molecule has 10 heteroatoms. The van der Waals surface area contributed by atoms with Crippen LogP contribution in [-0.2, 0) is 22.7 Å². The van der Waals surface area contributed by atoms with Crippen molar-refractivity contribution in [1.82, 2.24) is 9.71 Å². The van der Waals surface area contributed by atoms with Gasteiger partial charge in [0, 0.05) is 11.9 Å². The van der Waals surface area contributed by atoms with Gasteiger partial charge < -0.3 is 0 Å². The van der Waals surface area contributed by atoms with E-state index in [2.05, 4.69) is 9.71 Å². The first kappa shape index (κ1) is 21.0. The Bertz CT molecular complexity index is 1070. The van der Waals surface area contributed by atoms with E-state index >= 15 is 0 Å². The molecule has 0 amide bonds. The molecule has 28 heavy (non-hydrogen) atoms. The smallest absolute Gasteiger partial charge is 0.240 e. The van der Waals surface area contributed by atoms with Gasteiger partial charge in [0.1, 0.15) is 9.22 Å². The van der Waals surface area contributed by atoms with Crippen LogP contribution in [0.25, 0.3) is 9.88 Å². The minimum Gasteiger partial charge on any atom is -0.240 e. The van der Waals surface area contributed by atoms with Crippen LogP contribution in [0, 0.1) is 0 Å². The number of nitrogens with zero attached hydrogens (tertiary/aromatic N) is 1. The van der Waals surface area contributed by atoms with Crippen molar-refractivity contribution >= 4 is 32.7 Å². The van der Waals surface area contributed by atoms with E-state index in [1.165, 1.54) is 29.5 Å². The summed E-state index contributed by atoms with van der Waals surface area (Å²) < 4.78 is 65.8. The van der Waals surface area contributed by atoms with Crippen molar-refractivity contribution in [2.24, 2.45) is 0 Å². The van der Waals surface area contributed by atoms with Gasteiger partial charge in [0.25, 0.3) is 0 Å². The van der Waals surface area contributed by atoms with E-state index in [-0.39, 0.29) is 22.2 Å². The van der Waals surface area contributed by atoms with Crippen LogP contribution in [0.2, 0.25) is 0 Å². The Kier molecular flexibility index (Phi) is 5.95. The lowest BCUT2D eigenvalue weighted by atomic mass is 10.1. The summed E-state index contributed by atoms with van der Waals surface area (Å²) in [6.45, 7) is 3.83. The van der Waals surface area contributed by atoms with E-state index in [0.717, 1.165) is 39.0 Å². The topological polar surface area (TPSA) is 59.1 Å². The molecule has 0 fully saturated rings. The summed E-state index contributed by atoms with van der Waals surface area (Å²) in [6, 6.07) is 7.75. The van der Waals surface area contributed by atoms with Crippen molar-refractivity contribution in [3.8, 4) is 9.88 Å². The molecular formula is C18H17F3N2O2S3. The maximum atomic E-state index is 12.8. The molecule has 0 atom stereocenters. The molecule has 0 saturated carbocycles. The van der Waals surface area contributed by atoms with E-state index in [9.17, 15) is 21.6 Å². The molecule has 0 aliphatic carbocycles. The highest BCUT2D eigenvalue weighted by Crippen LogP contribution is 2.34. The zero-order chi connectivity index (χ0) is 20.5. The van der Waals surface area contributed by atoms with Crippen molar-refractivity contribution in [2.75, 3.05) is 0 Å². The molecule has 0 radical (unpaired) electrons. The fraction of sp³-hybridized carbons (Fsp3) is 0.278. The van der Waals surface area contributed by atoms with Gasteiger partial charge in [0.15, 0.2) is 0 Å². The number of nitrogens with one attached hydrogen (secondary N) is 1. The van der Waals surface area contributed by atoms with Gasteiger partial charge in [-0.2, -0.15) is 13.2 Å². The van der Waals surface area contributed by atoms with E-state index < -0.39 is 21.8 Å². The van der Waals surface area contributed by atoms with Crippen molar-refractivity contribution < 1.29 is 21.6 Å². The fourth-order valence-corrected chi connectivity index (χ4v) is 5.77. The lowest BCUT2D eigenvalue weighted by Crippen LogP contribution is -2.22. The molecule has 0 bridgehead atoms. The number of thiazole rings is 1. The monoisotopic (exact) mass is 446 g/mol. The third-order valence-electron chi connectivity index (χ3n) is 3.89. The van der Waals surface area contributed by atoms with Crippen molar-refractivity contribution in [3.63, 3.8) is 0 Å². The molecule has 1 aromatic carbocycles. The van der Waals surface area contributed by atoms with Gasteiger partial charge in [0.2, 0.25) is 10.0 Å². The fourth-order valence-electron chi connectivity index (χ4n) is 2.35. The Hall–Kier alpha value is -1.75. The van der Waals surface area contributed by atoms with Crippen molar-refractivity contribution in [2.45, 2.75) is 36.7 Å². The minimum atomic E-state index is -4.47. The lowest BCUT2D eigenvalue weighted by molar-refractivity contribution is -0.137. The van der Waals surface area contributed by atoms with Crippen molar-refractivity contribution in [3.05, 3.63) is 58.6 Å². The number of alkyl halides is 3. The second-order valence-electron chi connectivity index (χ2n) is 6.37. The van der Waals surface area contributed by atoms with Gasteiger partial charge in [-0.05, 0) is 29.7 Å². The molecule has 2 aromatic heterocycles. The number of benzene rings is 1. The number of sulfonamides is 1. The van der Waals surface area contributed by atoms with E-state index in [0.29, 0.717) is 0 Å². The normalized spacial score (nSPS) is 12.6. The third-order valence-corrected chi connectivity index (χ3v) is 7.90. The largest absolute Gasteiger partial charge is 0.416 e. The Labute approximate surface area is 169 Å². The first-order valence-corrected chi connectivity index (χ1v) is 11.5. The summed E-state index contributed by atoms with van der Waals surface area (Å²) in [5.74, 6) is 0.280. The zero-order valence-electron chi connectivity index (χ0n) is 14.9. The van der Waals surface area contributed by atoms with Gasteiger partial charge in [-0.3, -0.25) is 0 Å². The zero-order valence-corrected chi connectivity index (χ0v) is 17.4. The van der Waals surface area contributed by atoms with Crippen LogP contribution in [0.1, 0.15) is 36.6 Å². The predicted octanol–water partition coefficient (Wildman–Crippen LogP) is 5.49. The van der Waals surface area contributed by atoms with Crippen LogP contribution in [0.3, 0.4) is 0 Å². The maximum absolute atomic E-state index is 12.8. The SMILES string of the molecule is CC(C)c1csc(-c2ccc(S(=O)(=O)NCc3cccc(C(F)(F)F)c3)s2)n1. The summed E-state index contributed by atoms with van der Waals surface area (Å²) in [7, 11) is -3.84. The quantitative estimate of drug-likeness (QED) is 0.545. The number of thiophene rings is 1. The summed E-state index contributed by atoms with van der Waals surface area (Å²) >= 11 is 2.52. The maximum Gasteiger partial charge on any atom is 0.416 e. The van der Waals surface area contributed by atoms with Crippen LogP contribution in [0.4, 0.5) is 13.2 Å². The van der Waals surface area contributed by atoms with Crippen LogP contribution in [0.5, 0.6) is 0 Å². The number of aromatic nitrogens is 1. The Balaban J connectivity index is 1.74. The number of hydrogen-bond donors (Lipinski definition) is 1.